The summed E-state index contributed by atoms with van der Waals surface area (Å²) in [6.07, 6.45) is 1.13. The molecule has 1 aliphatic rings. The lowest BCUT2D eigenvalue weighted by Gasteiger charge is -2.33. The number of para-hydroxylation sites is 1. The van der Waals surface area contributed by atoms with E-state index in [1.807, 2.05) is 12.1 Å². The molecule has 1 heterocycles. The van der Waals surface area contributed by atoms with Crippen LogP contribution >= 0.6 is 15.9 Å². The molecular formula is C20H25BrN2O2. The predicted molar refractivity (Wildman–Crippen MR) is 105 cm³/mol. The summed E-state index contributed by atoms with van der Waals surface area (Å²) >= 11 is 3.75. The molecule has 1 saturated heterocycles. The van der Waals surface area contributed by atoms with E-state index in [-0.39, 0.29) is 6.04 Å². The van der Waals surface area contributed by atoms with Crippen LogP contribution in [0, 0.1) is 0 Å². The van der Waals surface area contributed by atoms with Crippen molar-refractivity contribution < 1.29 is 9.47 Å². The molecule has 1 fully saturated rings. The van der Waals surface area contributed by atoms with Crippen molar-refractivity contribution in [3.8, 4) is 11.5 Å². The molecule has 134 valence electrons. The summed E-state index contributed by atoms with van der Waals surface area (Å²) in [6, 6.07) is 14.7. The fourth-order valence-electron chi connectivity index (χ4n) is 3.51. The minimum Gasteiger partial charge on any atom is -0.493 e. The van der Waals surface area contributed by atoms with E-state index in [4.69, 9.17) is 9.47 Å². The Balaban J connectivity index is 2.13. The van der Waals surface area contributed by atoms with E-state index < -0.39 is 0 Å². The van der Waals surface area contributed by atoms with E-state index in [0.717, 1.165) is 54.1 Å². The lowest BCUT2D eigenvalue weighted by atomic mass is 9.95. The minimum atomic E-state index is 0.112. The van der Waals surface area contributed by atoms with Gasteiger partial charge in [0.25, 0.3) is 0 Å². The monoisotopic (exact) mass is 404 g/mol. The first-order valence-corrected chi connectivity index (χ1v) is 9.45. The highest BCUT2D eigenvalue weighted by Gasteiger charge is 2.28. The Hall–Kier alpha value is -1.56. The zero-order chi connectivity index (χ0) is 17.6. The molecule has 1 atom stereocenters. The summed E-state index contributed by atoms with van der Waals surface area (Å²) in [5.74, 6) is 1.58. The zero-order valence-corrected chi connectivity index (χ0v) is 16.4. The van der Waals surface area contributed by atoms with Gasteiger partial charge in [-0.25, -0.2) is 0 Å². The van der Waals surface area contributed by atoms with E-state index in [1.165, 1.54) is 5.56 Å². The summed E-state index contributed by atoms with van der Waals surface area (Å²) in [4.78, 5) is 2.53. The fraction of sp³-hybridized carbons (Fsp3) is 0.400. The third kappa shape index (κ3) is 4.00. The molecule has 2 aromatic rings. The van der Waals surface area contributed by atoms with E-state index >= 15 is 0 Å². The van der Waals surface area contributed by atoms with Crippen molar-refractivity contribution in [3.63, 3.8) is 0 Å². The van der Waals surface area contributed by atoms with Gasteiger partial charge in [0, 0.05) is 29.7 Å². The molecule has 0 aliphatic carbocycles. The molecule has 0 radical (unpaired) electrons. The second kappa shape index (κ2) is 8.70. The van der Waals surface area contributed by atoms with E-state index in [0.29, 0.717) is 0 Å². The summed E-state index contributed by atoms with van der Waals surface area (Å²) in [5.41, 5.74) is 2.38. The van der Waals surface area contributed by atoms with Crippen LogP contribution in [-0.4, -0.2) is 45.3 Å². The van der Waals surface area contributed by atoms with Crippen LogP contribution < -0.4 is 14.8 Å². The lowest BCUT2D eigenvalue weighted by molar-refractivity contribution is 0.234. The predicted octanol–water partition coefficient (Wildman–Crippen LogP) is 3.85. The number of benzene rings is 2. The van der Waals surface area contributed by atoms with E-state index in [1.54, 1.807) is 14.2 Å². The molecule has 0 aromatic heterocycles. The Kier molecular flexibility index (Phi) is 6.34. The van der Waals surface area contributed by atoms with Gasteiger partial charge in [-0.1, -0.05) is 46.3 Å². The van der Waals surface area contributed by atoms with Gasteiger partial charge in [-0.05, 0) is 30.7 Å². The van der Waals surface area contributed by atoms with Crippen LogP contribution in [0.15, 0.2) is 46.9 Å². The van der Waals surface area contributed by atoms with Gasteiger partial charge in [-0.2, -0.15) is 0 Å². The third-order valence-corrected chi connectivity index (χ3v) is 5.39. The number of rotatable bonds is 5. The highest BCUT2D eigenvalue weighted by atomic mass is 79.9. The molecule has 0 saturated carbocycles. The number of ether oxygens (including phenoxy) is 2. The van der Waals surface area contributed by atoms with Gasteiger partial charge >= 0.3 is 0 Å². The molecule has 1 unspecified atom stereocenters. The number of halogens is 1. The normalized spacial score (nSPS) is 16.9. The van der Waals surface area contributed by atoms with Gasteiger partial charge in [0.2, 0.25) is 0 Å². The molecule has 3 rings (SSSR count). The second-order valence-electron chi connectivity index (χ2n) is 6.15. The van der Waals surface area contributed by atoms with Crippen LogP contribution in [0.5, 0.6) is 11.5 Å². The molecule has 0 spiro atoms. The summed E-state index contributed by atoms with van der Waals surface area (Å²) in [6.45, 7) is 4.09. The molecule has 25 heavy (non-hydrogen) atoms. The Labute approximate surface area is 158 Å². The molecule has 2 aromatic carbocycles. The van der Waals surface area contributed by atoms with E-state index in [9.17, 15) is 0 Å². The Morgan fingerprint density at radius 3 is 2.52 bits per heavy atom. The smallest absolute Gasteiger partial charge is 0.165 e. The summed E-state index contributed by atoms with van der Waals surface area (Å²) in [7, 11) is 3.40. The van der Waals surface area contributed by atoms with Gasteiger partial charge < -0.3 is 14.8 Å². The van der Waals surface area contributed by atoms with Gasteiger partial charge in [0.15, 0.2) is 11.5 Å². The van der Waals surface area contributed by atoms with Crippen molar-refractivity contribution in [2.24, 2.45) is 0 Å². The molecule has 1 aliphatic heterocycles. The van der Waals surface area contributed by atoms with Crippen molar-refractivity contribution in [1.82, 2.24) is 10.2 Å². The van der Waals surface area contributed by atoms with Crippen LogP contribution in [0.4, 0.5) is 0 Å². The van der Waals surface area contributed by atoms with Crippen LogP contribution in [0.1, 0.15) is 23.6 Å². The minimum absolute atomic E-state index is 0.112. The van der Waals surface area contributed by atoms with Gasteiger partial charge in [0.05, 0.1) is 20.3 Å². The molecule has 0 amide bonds. The lowest BCUT2D eigenvalue weighted by Crippen LogP contribution is -2.33. The average Bonchev–Trinajstić information content (AvgIpc) is 2.92. The van der Waals surface area contributed by atoms with Crippen molar-refractivity contribution in [2.45, 2.75) is 12.5 Å². The molecule has 1 N–H and O–H groups in total. The largest absolute Gasteiger partial charge is 0.493 e. The third-order valence-electron chi connectivity index (χ3n) is 4.67. The van der Waals surface area contributed by atoms with Crippen LogP contribution in [-0.2, 0) is 0 Å². The number of nitrogens with zero attached hydrogens (tertiary/aromatic N) is 1. The topological polar surface area (TPSA) is 33.7 Å². The average molecular weight is 405 g/mol. The number of methoxy groups -OCH3 is 2. The maximum absolute atomic E-state index is 5.75. The van der Waals surface area contributed by atoms with Crippen molar-refractivity contribution >= 4 is 15.9 Å². The van der Waals surface area contributed by atoms with Gasteiger partial charge in [-0.3, -0.25) is 4.90 Å². The van der Waals surface area contributed by atoms with Crippen molar-refractivity contribution in [3.05, 3.63) is 58.1 Å². The fourth-order valence-corrected chi connectivity index (χ4v) is 4.01. The Bertz CT molecular complexity index is 700. The van der Waals surface area contributed by atoms with Crippen LogP contribution in [0.3, 0.4) is 0 Å². The second-order valence-corrected chi connectivity index (χ2v) is 7.00. The number of nitrogens with one attached hydrogen (secondary N) is 1. The first-order valence-electron chi connectivity index (χ1n) is 8.66. The van der Waals surface area contributed by atoms with E-state index in [2.05, 4.69) is 56.5 Å². The first kappa shape index (κ1) is 18.2. The Morgan fingerprint density at radius 2 is 1.76 bits per heavy atom. The Morgan fingerprint density at radius 1 is 0.960 bits per heavy atom. The molecule has 5 heteroatoms. The number of hydrogen-bond donors (Lipinski definition) is 1. The number of hydrogen-bond acceptors (Lipinski definition) is 4. The van der Waals surface area contributed by atoms with Gasteiger partial charge in [0.1, 0.15) is 0 Å². The first-order chi connectivity index (χ1) is 12.3. The highest BCUT2D eigenvalue weighted by molar-refractivity contribution is 9.10. The quantitative estimate of drug-likeness (QED) is 0.820. The zero-order valence-electron chi connectivity index (χ0n) is 14.8. The van der Waals surface area contributed by atoms with Crippen molar-refractivity contribution in [2.75, 3.05) is 40.4 Å². The summed E-state index contributed by atoms with van der Waals surface area (Å²) in [5, 5.41) is 3.49. The maximum Gasteiger partial charge on any atom is 0.165 e. The summed E-state index contributed by atoms with van der Waals surface area (Å²) < 4.78 is 12.4. The van der Waals surface area contributed by atoms with Gasteiger partial charge in [-0.15, -0.1) is 0 Å². The molecule has 0 bridgehead atoms. The van der Waals surface area contributed by atoms with Crippen LogP contribution in [0.25, 0.3) is 0 Å². The standard InChI is InChI=1S/C20H25BrN2O2/c1-24-18-10-5-8-16(20(18)25-2)19(15-7-3-4-9-17(15)21)23-13-6-11-22-12-14-23/h3-5,7-10,19,22H,6,11-14H2,1-2H3. The van der Waals surface area contributed by atoms with Crippen molar-refractivity contribution in [1.29, 1.82) is 0 Å². The molecular weight excluding hydrogens is 380 g/mol. The molecule has 4 nitrogen and oxygen atoms in total. The SMILES string of the molecule is COc1cccc(C(c2ccccc2Br)N2CCCNCC2)c1OC. The van der Waals surface area contributed by atoms with Crippen LogP contribution in [0.2, 0.25) is 0 Å². The maximum atomic E-state index is 5.75. The highest BCUT2D eigenvalue weighted by Crippen LogP contribution is 2.42.